The van der Waals surface area contributed by atoms with Crippen LogP contribution in [-0.2, 0) is 4.79 Å². The van der Waals surface area contributed by atoms with Gasteiger partial charge >= 0.3 is 0 Å². The van der Waals surface area contributed by atoms with Crippen LogP contribution in [-0.4, -0.2) is 30.2 Å². The number of nitrogens with one attached hydrogen (secondary N) is 1. The second kappa shape index (κ2) is 8.03. The minimum absolute atomic E-state index is 0.0376. The molecule has 2 aromatic rings. The molecule has 0 aliphatic carbocycles. The number of amides is 1. The van der Waals surface area contributed by atoms with E-state index in [-0.39, 0.29) is 5.91 Å². The quantitative estimate of drug-likeness (QED) is 0.658. The maximum absolute atomic E-state index is 11.1. The highest BCUT2D eigenvalue weighted by molar-refractivity contribution is 8.15. The highest BCUT2D eigenvalue weighted by Gasteiger charge is 2.15. The Balaban J connectivity index is 1.73. The molecule has 1 amide bonds. The van der Waals surface area contributed by atoms with Crippen LogP contribution in [0.15, 0.2) is 68.5 Å². The first-order valence-corrected chi connectivity index (χ1v) is 8.99. The van der Waals surface area contributed by atoms with Crippen LogP contribution in [0.25, 0.3) is 0 Å². The minimum atomic E-state index is -0.0376. The number of rotatable bonds is 5. The van der Waals surface area contributed by atoms with E-state index in [2.05, 4.69) is 15.5 Å². The van der Waals surface area contributed by atoms with Gasteiger partial charge in [-0.05, 0) is 30.3 Å². The number of amidine groups is 1. The van der Waals surface area contributed by atoms with Crippen molar-refractivity contribution in [2.45, 2.75) is 9.79 Å². The highest BCUT2D eigenvalue weighted by Crippen LogP contribution is 2.30. The number of benzene rings is 2. The summed E-state index contributed by atoms with van der Waals surface area (Å²) in [6.07, 6.45) is 1.70. The Morgan fingerprint density at radius 3 is 2.71 bits per heavy atom. The molecule has 0 atom stereocenters. The lowest BCUT2D eigenvalue weighted by atomic mass is 10.2. The van der Waals surface area contributed by atoms with Gasteiger partial charge in [0.15, 0.2) is 5.17 Å². The zero-order valence-electron chi connectivity index (χ0n) is 12.9. The monoisotopic (exact) mass is 357 g/mol. The number of carbonyl (C=O) groups is 1. The number of ether oxygens (including phenoxy) is 1. The molecule has 0 aromatic heterocycles. The molecule has 0 bridgehead atoms. The van der Waals surface area contributed by atoms with E-state index in [0.29, 0.717) is 10.9 Å². The summed E-state index contributed by atoms with van der Waals surface area (Å²) in [5.41, 5.74) is 0.969. The number of nitrogens with zero attached hydrogens (tertiary/aromatic N) is 2. The molecular weight excluding hydrogens is 342 g/mol. The number of thioether (sulfide) groups is 1. The third-order valence-electron chi connectivity index (χ3n) is 3.14. The summed E-state index contributed by atoms with van der Waals surface area (Å²) < 4.78 is 5.18. The van der Waals surface area contributed by atoms with Crippen LogP contribution in [0.3, 0.4) is 0 Å². The molecule has 122 valence electrons. The maximum atomic E-state index is 11.1. The van der Waals surface area contributed by atoms with Gasteiger partial charge in [0, 0.05) is 15.4 Å². The van der Waals surface area contributed by atoms with Crippen LogP contribution in [0.5, 0.6) is 5.75 Å². The molecule has 1 N–H and O–H groups in total. The molecule has 3 rings (SSSR count). The normalized spacial score (nSPS) is 15.9. The van der Waals surface area contributed by atoms with Crippen molar-refractivity contribution in [1.29, 1.82) is 0 Å². The topological polar surface area (TPSA) is 63.1 Å². The lowest BCUT2D eigenvalue weighted by Gasteiger charge is -2.06. The smallest absolute Gasteiger partial charge is 0.236 e. The fourth-order valence-corrected chi connectivity index (χ4v) is 3.52. The molecule has 2 aromatic carbocycles. The van der Waals surface area contributed by atoms with E-state index < -0.39 is 0 Å². The summed E-state index contributed by atoms with van der Waals surface area (Å²) in [5, 5.41) is 11.3. The largest absolute Gasteiger partial charge is 0.497 e. The van der Waals surface area contributed by atoms with E-state index in [1.807, 2.05) is 48.5 Å². The van der Waals surface area contributed by atoms with Crippen molar-refractivity contribution in [3.8, 4) is 5.75 Å². The first-order valence-electron chi connectivity index (χ1n) is 7.19. The number of hydrogen-bond acceptors (Lipinski definition) is 6. The molecule has 0 spiro atoms. The zero-order valence-corrected chi connectivity index (χ0v) is 14.6. The molecule has 24 heavy (non-hydrogen) atoms. The average molecular weight is 357 g/mol. The fourth-order valence-electron chi connectivity index (χ4n) is 1.97. The Morgan fingerprint density at radius 1 is 1.21 bits per heavy atom. The summed E-state index contributed by atoms with van der Waals surface area (Å²) in [6, 6.07) is 15.9. The highest BCUT2D eigenvalue weighted by atomic mass is 32.2. The average Bonchev–Trinajstić information content (AvgIpc) is 3.02. The molecule has 1 fully saturated rings. The van der Waals surface area contributed by atoms with Crippen molar-refractivity contribution in [1.82, 2.24) is 5.32 Å². The molecule has 0 radical (unpaired) electrons. The predicted molar refractivity (Wildman–Crippen MR) is 99.2 cm³/mol. The van der Waals surface area contributed by atoms with E-state index >= 15 is 0 Å². The number of methoxy groups -OCH3 is 1. The Labute approximate surface area is 148 Å². The summed E-state index contributed by atoms with van der Waals surface area (Å²) in [5.74, 6) is 1.20. The Hall–Kier alpha value is -2.25. The Bertz CT molecular complexity index is 789. The van der Waals surface area contributed by atoms with E-state index in [1.54, 1.807) is 25.1 Å². The van der Waals surface area contributed by atoms with Gasteiger partial charge in [0.1, 0.15) is 5.75 Å². The predicted octanol–water partition coefficient (Wildman–Crippen LogP) is 3.40. The lowest BCUT2D eigenvalue weighted by molar-refractivity contribution is -0.116. The van der Waals surface area contributed by atoms with Gasteiger partial charge in [0.05, 0.1) is 19.1 Å². The van der Waals surface area contributed by atoms with Gasteiger partial charge < -0.3 is 10.1 Å². The van der Waals surface area contributed by atoms with E-state index in [1.165, 1.54) is 11.8 Å². The van der Waals surface area contributed by atoms with Gasteiger partial charge in [0.25, 0.3) is 0 Å². The fraction of sp³-hybridized carbons (Fsp3) is 0.118. The SMILES string of the molecule is COc1ccc(Sc2ccccc2C=NN=C2NC(=O)CS2)cc1. The summed E-state index contributed by atoms with van der Waals surface area (Å²) in [4.78, 5) is 13.3. The third-order valence-corrected chi connectivity index (χ3v) is 5.10. The molecule has 5 nitrogen and oxygen atoms in total. The molecule has 0 unspecified atom stereocenters. The third kappa shape index (κ3) is 4.39. The first-order chi connectivity index (χ1) is 11.7. The summed E-state index contributed by atoms with van der Waals surface area (Å²) in [7, 11) is 1.65. The Morgan fingerprint density at radius 2 is 2.00 bits per heavy atom. The molecule has 1 saturated heterocycles. The van der Waals surface area contributed by atoms with Gasteiger partial charge in [-0.3, -0.25) is 4.79 Å². The molecular formula is C17H15N3O2S2. The standard InChI is InChI=1S/C17H15N3O2S2/c1-22-13-6-8-14(9-7-13)24-15-5-3-2-4-12(15)10-18-20-17-19-16(21)11-23-17/h2-10H,11H2,1H3,(H,19,20,21). The van der Waals surface area contributed by atoms with Crippen LogP contribution < -0.4 is 10.1 Å². The molecule has 1 aliphatic rings. The Kier molecular flexibility index (Phi) is 5.55. The van der Waals surface area contributed by atoms with E-state index in [4.69, 9.17) is 4.74 Å². The van der Waals surface area contributed by atoms with Crippen molar-refractivity contribution in [2.75, 3.05) is 12.9 Å². The molecule has 1 aliphatic heterocycles. The first kappa shape index (κ1) is 16.6. The number of hydrogen-bond donors (Lipinski definition) is 1. The van der Waals surface area contributed by atoms with Crippen molar-refractivity contribution >= 4 is 40.8 Å². The minimum Gasteiger partial charge on any atom is -0.497 e. The van der Waals surface area contributed by atoms with Crippen molar-refractivity contribution < 1.29 is 9.53 Å². The van der Waals surface area contributed by atoms with Crippen LogP contribution in [0.2, 0.25) is 0 Å². The van der Waals surface area contributed by atoms with E-state index in [0.717, 1.165) is 21.1 Å². The van der Waals surface area contributed by atoms with Crippen LogP contribution in [0.1, 0.15) is 5.56 Å². The van der Waals surface area contributed by atoms with Gasteiger partial charge in [-0.2, -0.15) is 5.10 Å². The van der Waals surface area contributed by atoms with Crippen molar-refractivity contribution in [3.63, 3.8) is 0 Å². The van der Waals surface area contributed by atoms with E-state index in [9.17, 15) is 4.79 Å². The summed E-state index contributed by atoms with van der Waals surface area (Å²) >= 11 is 3.00. The summed E-state index contributed by atoms with van der Waals surface area (Å²) in [6.45, 7) is 0. The second-order valence-electron chi connectivity index (χ2n) is 4.80. The van der Waals surface area contributed by atoms with Crippen LogP contribution >= 0.6 is 23.5 Å². The lowest BCUT2D eigenvalue weighted by Crippen LogP contribution is -2.19. The van der Waals surface area contributed by atoms with Crippen LogP contribution in [0, 0.1) is 0 Å². The number of carbonyl (C=O) groups excluding carboxylic acids is 1. The van der Waals surface area contributed by atoms with Crippen LogP contribution in [0.4, 0.5) is 0 Å². The molecule has 0 saturated carbocycles. The zero-order chi connectivity index (χ0) is 16.8. The van der Waals surface area contributed by atoms with Crippen molar-refractivity contribution in [3.05, 3.63) is 54.1 Å². The van der Waals surface area contributed by atoms with Gasteiger partial charge in [-0.25, -0.2) is 0 Å². The van der Waals surface area contributed by atoms with Gasteiger partial charge in [0.2, 0.25) is 5.91 Å². The van der Waals surface area contributed by atoms with Gasteiger partial charge in [-0.1, -0.05) is 41.7 Å². The maximum Gasteiger partial charge on any atom is 0.236 e. The molecule has 1 heterocycles. The van der Waals surface area contributed by atoms with Crippen molar-refractivity contribution in [2.24, 2.45) is 10.2 Å². The van der Waals surface area contributed by atoms with Gasteiger partial charge in [-0.15, -0.1) is 5.10 Å². The second-order valence-corrected chi connectivity index (χ2v) is 6.88. The molecule has 7 heteroatoms.